The van der Waals surface area contributed by atoms with Crippen LogP contribution in [-0.2, 0) is 22.5 Å². The molecule has 2 heterocycles. The lowest BCUT2D eigenvalue weighted by Gasteiger charge is -2.33. The average molecular weight is 511 g/mol. The van der Waals surface area contributed by atoms with Crippen LogP contribution < -0.4 is 4.90 Å². The zero-order chi connectivity index (χ0) is 27.4. The lowest BCUT2D eigenvalue weighted by atomic mass is 9.98. The quantitative estimate of drug-likeness (QED) is 0.178. The third kappa shape index (κ3) is 5.35. The van der Waals surface area contributed by atoms with Crippen molar-refractivity contribution in [2.75, 3.05) is 18.1 Å². The maximum Gasteiger partial charge on any atom is 0.333 e. The molecule has 4 rings (SSSR count). The molecule has 6 nitrogen and oxygen atoms in total. The zero-order valence-electron chi connectivity index (χ0n) is 23.4. The van der Waals surface area contributed by atoms with E-state index in [0.717, 1.165) is 62.6 Å². The molecule has 198 valence electrons. The van der Waals surface area contributed by atoms with E-state index in [1.54, 1.807) is 0 Å². The average Bonchev–Trinajstić information content (AvgIpc) is 3.23. The predicted octanol–water partition coefficient (Wildman–Crippen LogP) is 6.57. The van der Waals surface area contributed by atoms with Gasteiger partial charge < -0.3 is 14.2 Å². The lowest BCUT2D eigenvalue weighted by molar-refractivity contribution is -0.144. The van der Waals surface area contributed by atoms with Gasteiger partial charge in [0.1, 0.15) is 11.3 Å². The fraction of sp³-hybridized carbons (Fsp3) is 0.344. The van der Waals surface area contributed by atoms with Crippen molar-refractivity contribution in [2.24, 2.45) is 0 Å². The highest BCUT2D eigenvalue weighted by Gasteiger charge is 2.31. The topological polar surface area (TPSA) is 60.2 Å². The van der Waals surface area contributed by atoms with Crippen molar-refractivity contribution in [1.29, 1.82) is 0 Å². The first-order chi connectivity index (χ1) is 18.3. The van der Waals surface area contributed by atoms with Gasteiger partial charge in [0.2, 0.25) is 0 Å². The van der Waals surface area contributed by atoms with Crippen LogP contribution in [-0.4, -0.2) is 33.7 Å². The molecule has 4 aromatic rings. The van der Waals surface area contributed by atoms with Crippen LogP contribution in [0.2, 0.25) is 0 Å². The summed E-state index contributed by atoms with van der Waals surface area (Å²) < 4.78 is 7.77. The second-order valence-corrected chi connectivity index (χ2v) is 9.79. The van der Waals surface area contributed by atoms with Gasteiger partial charge in [0.15, 0.2) is 11.7 Å². The summed E-state index contributed by atoms with van der Waals surface area (Å²) in [6, 6.07) is 15.9. The van der Waals surface area contributed by atoms with Crippen LogP contribution in [0.4, 0.5) is 5.69 Å². The molecular weight excluding hydrogens is 472 g/mol. The van der Waals surface area contributed by atoms with Crippen molar-refractivity contribution in [3.05, 3.63) is 101 Å². The molecule has 1 atom stereocenters. The summed E-state index contributed by atoms with van der Waals surface area (Å²) >= 11 is 0. The molecule has 0 fully saturated rings. The smallest absolute Gasteiger partial charge is 0.333 e. The van der Waals surface area contributed by atoms with E-state index < -0.39 is 6.04 Å². The number of aryl methyl sites for hydroxylation is 5. The second-order valence-electron chi connectivity index (χ2n) is 9.79. The Kier molecular flexibility index (Phi) is 8.30. The van der Waals surface area contributed by atoms with E-state index in [9.17, 15) is 4.79 Å². The number of fused-ring (bicyclic) bond motifs is 1. The summed E-state index contributed by atoms with van der Waals surface area (Å²) in [5.74, 6) is 0.763. The van der Waals surface area contributed by atoms with E-state index >= 15 is 0 Å². The van der Waals surface area contributed by atoms with Gasteiger partial charge in [-0.05, 0) is 74.6 Å². The summed E-state index contributed by atoms with van der Waals surface area (Å²) in [4.78, 5) is 25.1. The molecule has 0 radical (unpaired) electrons. The number of carbonyl (C=O) groups is 1. The number of pyridine rings is 1. The standard InChI is InChI=1S/C32H38N4O2/c1-8-17-35(30(32(37)38-10-3)26-14-12-11-13-21(26)4)27-16-15-25(19-22(27)5)20-36-28(9-2)34-29-23(6)18-24(7)33-31(29)36/h8,11-16,18-19,30H,1,9-10,17,20H2,2-7H3. The molecule has 38 heavy (non-hydrogen) atoms. The number of esters is 1. The Labute approximate surface area is 226 Å². The third-order valence-corrected chi connectivity index (χ3v) is 6.96. The van der Waals surface area contributed by atoms with Crippen molar-refractivity contribution in [3.63, 3.8) is 0 Å². The molecule has 0 aliphatic rings. The van der Waals surface area contributed by atoms with Gasteiger partial charge in [0.05, 0.1) is 13.2 Å². The molecule has 2 aromatic heterocycles. The summed E-state index contributed by atoms with van der Waals surface area (Å²) in [5.41, 5.74) is 9.23. The maximum atomic E-state index is 13.3. The first-order valence-corrected chi connectivity index (χ1v) is 13.3. The van der Waals surface area contributed by atoms with Gasteiger partial charge in [-0.1, -0.05) is 49.4 Å². The van der Waals surface area contributed by atoms with E-state index in [1.165, 1.54) is 0 Å². The second kappa shape index (κ2) is 11.6. The van der Waals surface area contributed by atoms with Crippen LogP contribution >= 0.6 is 0 Å². The molecule has 1 unspecified atom stereocenters. The molecule has 0 spiro atoms. The Morgan fingerprint density at radius 2 is 1.79 bits per heavy atom. The summed E-state index contributed by atoms with van der Waals surface area (Å²) in [7, 11) is 0. The Balaban J connectivity index is 1.75. The number of rotatable bonds is 10. The summed E-state index contributed by atoms with van der Waals surface area (Å²) in [6.07, 6.45) is 2.66. The molecule has 0 N–H and O–H groups in total. The Hall–Kier alpha value is -3.93. The van der Waals surface area contributed by atoms with Gasteiger partial charge >= 0.3 is 5.97 Å². The molecule has 6 heteroatoms. The van der Waals surface area contributed by atoms with Gasteiger partial charge in [0, 0.05) is 24.3 Å². The van der Waals surface area contributed by atoms with Crippen LogP contribution in [0.3, 0.4) is 0 Å². The fourth-order valence-corrected chi connectivity index (χ4v) is 5.22. The lowest BCUT2D eigenvalue weighted by Crippen LogP contribution is -2.36. The van der Waals surface area contributed by atoms with Gasteiger partial charge in [-0.25, -0.2) is 14.8 Å². The van der Waals surface area contributed by atoms with Crippen LogP contribution in [0, 0.1) is 27.7 Å². The van der Waals surface area contributed by atoms with Crippen LogP contribution in [0.15, 0.2) is 61.2 Å². The fourth-order valence-electron chi connectivity index (χ4n) is 5.22. The number of imidazole rings is 1. The molecule has 2 aromatic carbocycles. The van der Waals surface area contributed by atoms with Gasteiger partial charge in [-0.15, -0.1) is 6.58 Å². The number of benzene rings is 2. The molecule has 0 bridgehead atoms. The van der Waals surface area contributed by atoms with E-state index in [0.29, 0.717) is 19.7 Å². The predicted molar refractivity (Wildman–Crippen MR) is 155 cm³/mol. The number of nitrogens with zero attached hydrogens (tertiary/aromatic N) is 4. The summed E-state index contributed by atoms with van der Waals surface area (Å²) in [5, 5.41) is 0. The molecule has 0 aliphatic heterocycles. The minimum absolute atomic E-state index is 0.263. The highest BCUT2D eigenvalue weighted by Crippen LogP contribution is 2.33. The van der Waals surface area contributed by atoms with Gasteiger partial charge in [0.25, 0.3) is 0 Å². The number of ether oxygens (including phenoxy) is 1. The zero-order valence-corrected chi connectivity index (χ0v) is 23.4. The van der Waals surface area contributed by atoms with Crippen molar-refractivity contribution >= 4 is 22.8 Å². The SMILES string of the molecule is C=CCN(c1ccc(Cn2c(CC)nc3c(C)cc(C)nc32)cc1C)C(C(=O)OCC)c1ccccc1C. The molecule has 0 amide bonds. The van der Waals surface area contributed by atoms with Crippen LogP contribution in [0.5, 0.6) is 0 Å². The first kappa shape index (κ1) is 27.1. The van der Waals surface area contributed by atoms with Crippen LogP contribution in [0.1, 0.15) is 59.2 Å². The first-order valence-electron chi connectivity index (χ1n) is 13.3. The van der Waals surface area contributed by atoms with E-state index in [-0.39, 0.29) is 5.97 Å². The molecular formula is C32H38N4O2. The third-order valence-electron chi connectivity index (χ3n) is 6.96. The van der Waals surface area contributed by atoms with Crippen molar-refractivity contribution in [2.45, 2.75) is 60.5 Å². The van der Waals surface area contributed by atoms with Crippen molar-refractivity contribution in [3.8, 4) is 0 Å². The largest absolute Gasteiger partial charge is 0.464 e. The van der Waals surface area contributed by atoms with Crippen LogP contribution in [0.25, 0.3) is 11.2 Å². The highest BCUT2D eigenvalue weighted by atomic mass is 16.5. The number of hydrogen-bond donors (Lipinski definition) is 0. The monoisotopic (exact) mass is 510 g/mol. The number of aromatic nitrogens is 3. The van der Waals surface area contributed by atoms with Gasteiger partial charge in [-0.3, -0.25) is 0 Å². The Morgan fingerprint density at radius 1 is 1.03 bits per heavy atom. The molecule has 0 saturated carbocycles. The van der Waals surface area contributed by atoms with E-state index in [4.69, 9.17) is 14.7 Å². The number of anilines is 1. The Bertz CT molecular complexity index is 1470. The minimum Gasteiger partial charge on any atom is -0.464 e. The summed E-state index contributed by atoms with van der Waals surface area (Å²) in [6.45, 7) is 17.7. The van der Waals surface area contributed by atoms with Gasteiger partial charge in [-0.2, -0.15) is 0 Å². The Morgan fingerprint density at radius 3 is 2.45 bits per heavy atom. The molecule has 0 aliphatic carbocycles. The van der Waals surface area contributed by atoms with Crippen molar-refractivity contribution in [1.82, 2.24) is 14.5 Å². The minimum atomic E-state index is -0.571. The number of carbonyl (C=O) groups excluding carboxylic acids is 1. The normalized spacial score (nSPS) is 11.9. The van der Waals surface area contributed by atoms with E-state index in [1.807, 2.05) is 51.1 Å². The van der Waals surface area contributed by atoms with E-state index in [2.05, 4.69) is 61.1 Å². The number of hydrogen-bond acceptors (Lipinski definition) is 5. The highest BCUT2D eigenvalue weighted by molar-refractivity contribution is 5.83. The maximum absolute atomic E-state index is 13.3. The molecule has 0 saturated heterocycles. The van der Waals surface area contributed by atoms with Crippen molar-refractivity contribution < 1.29 is 9.53 Å².